The third kappa shape index (κ3) is 3.64. The minimum absolute atomic E-state index is 0.136. The SMILES string of the molecule is CC(C)(C)c1nn(-c2ccccc2)cc1C(=O)N1CCC[C@H](C(=O)O)C1. The van der Waals surface area contributed by atoms with Crippen LogP contribution in [0.15, 0.2) is 36.5 Å². The number of carbonyl (C=O) groups is 2. The van der Waals surface area contributed by atoms with Gasteiger partial charge in [-0.1, -0.05) is 39.0 Å². The van der Waals surface area contributed by atoms with Gasteiger partial charge in [-0.15, -0.1) is 0 Å². The second-order valence-electron chi connectivity index (χ2n) is 7.85. The van der Waals surface area contributed by atoms with Gasteiger partial charge in [-0.05, 0) is 25.0 Å². The summed E-state index contributed by atoms with van der Waals surface area (Å²) < 4.78 is 1.73. The average molecular weight is 355 g/mol. The summed E-state index contributed by atoms with van der Waals surface area (Å²) in [5.74, 6) is -1.46. The fourth-order valence-corrected chi connectivity index (χ4v) is 3.33. The second-order valence-corrected chi connectivity index (χ2v) is 7.85. The molecule has 1 aliphatic rings. The fourth-order valence-electron chi connectivity index (χ4n) is 3.33. The minimum Gasteiger partial charge on any atom is -0.481 e. The molecule has 1 N–H and O–H groups in total. The molecule has 2 aromatic rings. The van der Waals surface area contributed by atoms with Crippen molar-refractivity contribution in [3.05, 3.63) is 47.8 Å². The molecule has 1 aromatic heterocycles. The Morgan fingerprint density at radius 3 is 2.50 bits per heavy atom. The first kappa shape index (κ1) is 18.2. The molecule has 0 unspecified atom stereocenters. The van der Waals surface area contributed by atoms with Gasteiger partial charge in [-0.2, -0.15) is 5.10 Å². The molecular formula is C20H25N3O3. The number of carbonyl (C=O) groups excluding carboxylic acids is 1. The molecule has 0 saturated carbocycles. The minimum atomic E-state index is -0.835. The molecular weight excluding hydrogens is 330 g/mol. The molecule has 1 aliphatic heterocycles. The van der Waals surface area contributed by atoms with Crippen molar-refractivity contribution >= 4 is 11.9 Å². The van der Waals surface area contributed by atoms with E-state index in [9.17, 15) is 14.7 Å². The number of carboxylic acid groups (broad SMARTS) is 1. The van der Waals surface area contributed by atoms with E-state index in [1.807, 2.05) is 51.1 Å². The van der Waals surface area contributed by atoms with Gasteiger partial charge in [0.1, 0.15) is 0 Å². The topological polar surface area (TPSA) is 75.4 Å². The maximum Gasteiger partial charge on any atom is 0.308 e. The highest BCUT2D eigenvalue weighted by Crippen LogP contribution is 2.28. The van der Waals surface area contributed by atoms with E-state index in [-0.39, 0.29) is 17.9 Å². The van der Waals surface area contributed by atoms with E-state index < -0.39 is 11.9 Å². The lowest BCUT2D eigenvalue weighted by atomic mass is 9.89. The number of carboxylic acids is 1. The highest BCUT2D eigenvalue weighted by Gasteiger charge is 2.33. The molecule has 1 aromatic carbocycles. The summed E-state index contributed by atoms with van der Waals surface area (Å²) in [6.07, 6.45) is 3.09. The van der Waals surface area contributed by atoms with Crippen molar-refractivity contribution in [1.82, 2.24) is 14.7 Å². The van der Waals surface area contributed by atoms with Gasteiger partial charge in [-0.3, -0.25) is 9.59 Å². The zero-order valence-electron chi connectivity index (χ0n) is 15.5. The summed E-state index contributed by atoms with van der Waals surface area (Å²) in [6.45, 7) is 6.92. The molecule has 1 atom stereocenters. The number of nitrogens with zero attached hydrogens (tertiary/aromatic N) is 3. The lowest BCUT2D eigenvalue weighted by Crippen LogP contribution is -2.42. The van der Waals surface area contributed by atoms with Crippen molar-refractivity contribution in [1.29, 1.82) is 0 Å². The van der Waals surface area contributed by atoms with Crippen LogP contribution in [-0.2, 0) is 10.2 Å². The zero-order chi connectivity index (χ0) is 18.9. The Morgan fingerprint density at radius 2 is 1.88 bits per heavy atom. The Morgan fingerprint density at radius 1 is 1.19 bits per heavy atom. The van der Waals surface area contributed by atoms with Crippen molar-refractivity contribution in [2.45, 2.75) is 39.0 Å². The van der Waals surface area contributed by atoms with Gasteiger partial charge >= 0.3 is 5.97 Å². The summed E-state index contributed by atoms with van der Waals surface area (Å²) in [6, 6.07) is 9.67. The van der Waals surface area contributed by atoms with Crippen molar-refractivity contribution in [2.75, 3.05) is 13.1 Å². The van der Waals surface area contributed by atoms with E-state index in [4.69, 9.17) is 0 Å². The summed E-state index contributed by atoms with van der Waals surface area (Å²) in [5.41, 5.74) is 1.86. The van der Waals surface area contributed by atoms with Gasteiger partial charge in [0.15, 0.2) is 0 Å². The lowest BCUT2D eigenvalue weighted by Gasteiger charge is -2.31. The molecule has 26 heavy (non-hydrogen) atoms. The maximum absolute atomic E-state index is 13.2. The predicted molar refractivity (Wildman–Crippen MR) is 98.5 cm³/mol. The fraction of sp³-hybridized carbons (Fsp3) is 0.450. The Kier molecular flexibility index (Phi) is 4.85. The zero-order valence-corrected chi connectivity index (χ0v) is 15.5. The van der Waals surface area contributed by atoms with Crippen LogP contribution in [0.4, 0.5) is 0 Å². The number of hydrogen-bond donors (Lipinski definition) is 1. The summed E-state index contributed by atoms with van der Waals surface area (Å²) in [7, 11) is 0. The van der Waals surface area contributed by atoms with Gasteiger partial charge in [0.25, 0.3) is 5.91 Å². The third-order valence-electron chi connectivity index (χ3n) is 4.73. The van der Waals surface area contributed by atoms with Crippen LogP contribution in [0, 0.1) is 5.92 Å². The molecule has 0 bridgehead atoms. The van der Waals surface area contributed by atoms with Crippen LogP contribution in [0.5, 0.6) is 0 Å². The van der Waals surface area contributed by atoms with Gasteiger partial charge in [0.05, 0.1) is 22.9 Å². The first-order valence-corrected chi connectivity index (χ1v) is 8.95. The van der Waals surface area contributed by atoms with Crippen LogP contribution in [0.3, 0.4) is 0 Å². The maximum atomic E-state index is 13.2. The molecule has 6 nitrogen and oxygen atoms in total. The van der Waals surface area contributed by atoms with Crippen molar-refractivity contribution in [2.24, 2.45) is 5.92 Å². The second kappa shape index (κ2) is 6.94. The van der Waals surface area contributed by atoms with Crippen LogP contribution in [0.25, 0.3) is 5.69 Å². The highest BCUT2D eigenvalue weighted by molar-refractivity contribution is 5.96. The largest absolute Gasteiger partial charge is 0.481 e. The molecule has 3 rings (SSSR count). The number of para-hydroxylation sites is 1. The number of benzene rings is 1. The predicted octanol–water partition coefficient (Wildman–Crippen LogP) is 3.11. The molecule has 0 spiro atoms. The molecule has 6 heteroatoms. The average Bonchev–Trinajstić information content (AvgIpc) is 3.08. The molecule has 1 amide bonds. The Balaban J connectivity index is 1.96. The normalized spacial score (nSPS) is 18.0. The Labute approximate surface area is 153 Å². The summed E-state index contributed by atoms with van der Waals surface area (Å²) in [5, 5.41) is 14.0. The number of aliphatic carboxylic acids is 1. The molecule has 0 aliphatic carbocycles. The number of piperidine rings is 1. The van der Waals surface area contributed by atoms with Gasteiger partial charge in [0.2, 0.25) is 0 Å². The van der Waals surface area contributed by atoms with E-state index in [1.54, 1.807) is 15.8 Å². The van der Waals surface area contributed by atoms with Crippen LogP contribution in [0.1, 0.15) is 49.7 Å². The van der Waals surface area contributed by atoms with Crippen LogP contribution in [0.2, 0.25) is 0 Å². The van der Waals surface area contributed by atoms with E-state index in [2.05, 4.69) is 5.10 Å². The third-order valence-corrected chi connectivity index (χ3v) is 4.73. The Bertz CT molecular complexity index is 805. The van der Waals surface area contributed by atoms with Gasteiger partial charge in [0, 0.05) is 24.7 Å². The number of amides is 1. The summed E-state index contributed by atoms with van der Waals surface area (Å²) in [4.78, 5) is 26.1. The van der Waals surface area contributed by atoms with Crippen molar-refractivity contribution < 1.29 is 14.7 Å². The van der Waals surface area contributed by atoms with E-state index >= 15 is 0 Å². The smallest absolute Gasteiger partial charge is 0.308 e. The quantitative estimate of drug-likeness (QED) is 0.918. The first-order valence-electron chi connectivity index (χ1n) is 8.95. The summed E-state index contributed by atoms with van der Waals surface area (Å²) >= 11 is 0. The molecule has 138 valence electrons. The van der Waals surface area contributed by atoms with Gasteiger partial charge in [-0.25, -0.2) is 4.68 Å². The first-order chi connectivity index (χ1) is 12.3. The van der Waals surface area contributed by atoms with E-state index in [0.717, 1.165) is 11.4 Å². The molecule has 0 radical (unpaired) electrons. The van der Waals surface area contributed by atoms with E-state index in [1.165, 1.54) is 0 Å². The Hall–Kier alpha value is -2.63. The number of likely N-dealkylation sites (tertiary alicyclic amines) is 1. The van der Waals surface area contributed by atoms with E-state index in [0.29, 0.717) is 24.9 Å². The number of rotatable bonds is 3. The van der Waals surface area contributed by atoms with Crippen LogP contribution in [-0.4, -0.2) is 44.8 Å². The number of aromatic nitrogens is 2. The monoisotopic (exact) mass is 355 g/mol. The van der Waals surface area contributed by atoms with Crippen LogP contribution < -0.4 is 0 Å². The van der Waals surface area contributed by atoms with Crippen LogP contribution >= 0.6 is 0 Å². The lowest BCUT2D eigenvalue weighted by molar-refractivity contribution is -0.143. The number of hydrogen-bond acceptors (Lipinski definition) is 3. The highest BCUT2D eigenvalue weighted by atomic mass is 16.4. The van der Waals surface area contributed by atoms with Gasteiger partial charge < -0.3 is 10.0 Å². The van der Waals surface area contributed by atoms with Crippen molar-refractivity contribution in [3.8, 4) is 5.69 Å². The van der Waals surface area contributed by atoms with Crippen molar-refractivity contribution in [3.63, 3.8) is 0 Å². The standard InChI is InChI=1S/C20H25N3O3/c1-20(2,3)17-16(13-23(21-17)15-9-5-4-6-10-15)18(24)22-11-7-8-14(12-22)19(25)26/h4-6,9-10,13-14H,7-8,11-12H2,1-3H3,(H,25,26)/t14-/m0/s1. The molecule has 1 fully saturated rings. The molecule has 2 heterocycles. The molecule has 1 saturated heterocycles.